The Morgan fingerprint density at radius 3 is 1.86 bits per heavy atom. The van der Waals surface area contributed by atoms with Crippen LogP contribution in [0.4, 0.5) is 0 Å². The van der Waals surface area contributed by atoms with Gasteiger partial charge in [-0.2, -0.15) is 0 Å². The summed E-state index contributed by atoms with van der Waals surface area (Å²) in [6.45, 7) is 1.05. The molecule has 29 heavy (non-hydrogen) atoms. The van der Waals surface area contributed by atoms with Crippen LogP contribution in [0.25, 0.3) is 11.1 Å². The normalized spacial score (nSPS) is 15.0. The van der Waals surface area contributed by atoms with Crippen molar-refractivity contribution >= 4 is 54.8 Å². The first-order valence-corrected chi connectivity index (χ1v) is 10.3. The molecule has 8 heteroatoms. The number of ether oxygens (including phenoxy) is 1. The van der Waals surface area contributed by atoms with E-state index in [1.165, 1.54) is 6.08 Å². The fourth-order valence-corrected chi connectivity index (χ4v) is 3.63. The molecule has 2 heterocycles. The summed E-state index contributed by atoms with van der Waals surface area (Å²) < 4.78 is 7.04. The van der Waals surface area contributed by atoms with E-state index in [0.717, 1.165) is 31.4 Å². The maximum absolute atomic E-state index is 11.1. The van der Waals surface area contributed by atoms with Crippen molar-refractivity contribution in [3.8, 4) is 11.5 Å². The van der Waals surface area contributed by atoms with Gasteiger partial charge in [0.25, 0.3) is 0 Å². The minimum Gasteiger partial charge on any atom is -0.507 e. The van der Waals surface area contributed by atoms with E-state index >= 15 is 0 Å². The highest BCUT2D eigenvalue weighted by Crippen LogP contribution is 2.30. The lowest BCUT2D eigenvalue weighted by Gasteiger charge is -2.08. The Morgan fingerprint density at radius 1 is 0.862 bits per heavy atom. The van der Waals surface area contributed by atoms with Gasteiger partial charge in [-0.05, 0) is 47.5 Å². The van der Waals surface area contributed by atoms with Crippen LogP contribution in [0.5, 0.6) is 11.5 Å². The summed E-state index contributed by atoms with van der Waals surface area (Å²) in [4.78, 5) is 22.0. The molecule has 0 atom stereocenters. The van der Waals surface area contributed by atoms with Crippen LogP contribution in [-0.4, -0.2) is 37.1 Å². The van der Waals surface area contributed by atoms with Crippen LogP contribution >= 0.6 is 31.9 Å². The molecule has 0 fully saturated rings. The van der Waals surface area contributed by atoms with E-state index in [4.69, 9.17) is 4.74 Å². The minimum absolute atomic E-state index is 0.0463. The lowest BCUT2D eigenvalue weighted by molar-refractivity contribution is -0.116. The number of aromatic hydroxyl groups is 1. The van der Waals surface area contributed by atoms with Crippen molar-refractivity contribution in [3.05, 3.63) is 68.6 Å². The maximum atomic E-state index is 11.1. The predicted molar refractivity (Wildman–Crippen MR) is 118 cm³/mol. The van der Waals surface area contributed by atoms with Gasteiger partial charge in [0.1, 0.15) is 11.5 Å². The number of carbonyl (C=O) groups excluding carboxylic acids is 2. The van der Waals surface area contributed by atoms with Gasteiger partial charge in [-0.25, -0.2) is 0 Å². The van der Waals surface area contributed by atoms with Crippen LogP contribution in [0.1, 0.15) is 11.1 Å². The van der Waals surface area contributed by atoms with E-state index in [0.29, 0.717) is 18.7 Å². The fraction of sp³-hybridized carbons (Fsp3) is 0.143. The Bertz CT molecular complexity index is 1030. The second-order valence-corrected chi connectivity index (χ2v) is 8.11. The second-order valence-electron chi connectivity index (χ2n) is 6.28. The zero-order valence-electron chi connectivity index (χ0n) is 15.5. The van der Waals surface area contributed by atoms with Gasteiger partial charge in [-0.1, -0.05) is 31.9 Å². The zero-order valence-corrected chi connectivity index (χ0v) is 18.6. The van der Waals surface area contributed by atoms with E-state index in [2.05, 4.69) is 42.5 Å². The highest BCUT2D eigenvalue weighted by molar-refractivity contribution is 9.10. The molecule has 0 unspecified atom stereocenters. The molecule has 0 aromatic heterocycles. The third-order valence-electron chi connectivity index (χ3n) is 4.33. The summed E-state index contributed by atoms with van der Waals surface area (Å²) in [6.07, 6.45) is 3.11. The number of rotatable bonds is 3. The average molecular weight is 522 g/mol. The Labute approximate surface area is 184 Å². The molecule has 2 aliphatic heterocycles. The number of carbonyl (C=O) groups is 2. The molecule has 0 aliphatic carbocycles. The number of phenols is 1. The molecule has 2 aromatic rings. The summed E-state index contributed by atoms with van der Waals surface area (Å²) >= 11 is 6.63. The van der Waals surface area contributed by atoms with Gasteiger partial charge < -0.3 is 20.5 Å². The standard InChI is InChI=1S/C11H10BrNO2.C10H8BrNO2/c1-15-10-5-8(12)2-3-9(10)7-4-11(14)13-6-7;11-7-1-2-8(9(13)4-7)6-3-10(14)12-5-6/h2-5H,6H2,1H3,(H,13,14);1-4,13H,5H2,(H,12,14). The number of hydrogen-bond donors (Lipinski definition) is 3. The van der Waals surface area contributed by atoms with Crippen LogP contribution in [-0.2, 0) is 9.59 Å². The fourth-order valence-electron chi connectivity index (χ4n) is 2.94. The van der Waals surface area contributed by atoms with Crippen molar-refractivity contribution in [2.24, 2.45) is 0 Å². The number of nitrogens with one attached hydrogen (secondary N) is 2. The molecular weight excluding hydrogens is 504 g/mol. The first-order chi connectivity index (χ1) is 13.9. The molecule has 6 nitrogen and oxygen atoms in total. The van der Waals surface area contributed by atoms with E-state index in [9.17, 15) is 14.7 Å². The van der Waals surface area contributed by atoms with Crippen molar-refractivity contribution in [1.82, 2.24) is 10.6 Å². The van der Waals surface area contributed by atoms with Gasteiger partial charge in [0.2, 0.25) is 11.8 Å². The summed E-state index contributed by atoms with van der Waals surface area (Å²) in [6, 6.07) is 11.0. The Kier molecular flexibility index (Phi) is 6.76. The van der Waals surface area contributed by atoms with Gasteiger partial charge >= 0.3 is 0 Å². The molecule has 150 valence electrons. The smallest absolute Gasteiger partial charge is 0.244 e. The second kappa shape index (κ2) is 9.28. The molecule has 0 bridgehead atoms. The lowest BCUT2D eigenvalue weighted by Crippen LogP contribution is -2.14. The first-order valence-electron chi connectivity index (χ1n) is 8.67. The average Bonchev–Trinajstić information content (AvgIpc) is 3.30. The molecule has 2 aromatic carbocycles. The maximum Gasteiger partial charge on any atom is 0.244 e. The molecule has 2 amide bonds. The van der Waals surface area contributed by atoms with Gasteiger partial charge in [0.05, 0.1) is 7.11 Å². The first kappa shape index (κ1) is 21.1. The van der Waals surface area contributed by atoms with Crippen molar-refractivity contribution in [1.29, 1.82) is 0 Å². The molecule has 3 N–H and O–H groups in total. The summed E-state index contributed by atoms with van der Waals surface area (Å²) in [5.41, 5.74) is 3.44. The number of phenolic OH excluding ortho intramolecular Hbond substituents is 1. The van der Waals surface area contributed by atoms with Crippen LogP contribution in [0.3, 0.4) is 0 Å². The van der Waals surface area contributed by atoms with Crippen LogP contribution in [0.2, 0.25) is 0 Å². The molecule has 2 aliphatic rings. The monoisotopic (exact) mass is 520 g/mol. The van der Waals surface area contributed by atoms with Gasteiger partial charge in [-0.3, -0.25) is 9.59 Å². The van der Waals surface area contributed by atoms with E-state index in [1.807, 2.05) is 24.3 Å². The molecule has 0 saturated heterocycles. The highest BCUT2D eigenvalue weighted by atomic mass is 79.9. The van der Waals surface area contributed by atoms with Crippen LogP contribution < -0.4 is 15.4 Å². The Morgan fingerprint density at radius 2 is 1.38 bits per heavy atom. The van der Waals surface area contributed by atoms with E-state index in [-0.39, 0.29) is 17.6 Å². The Hall–Kier alpha value is -2.58. The third-order valence-corrected chi connectivity index (χ3v) is 5.32. The number of benzene rings is 2. The van der Waals surface area contributed by atoms with Crippen molar-refractivity contribution in [3.63, 3.8) is 0 Å². The molecular formula is C21H18Br2N2O4. The van der Waals surface area contributed by atoms with Gasteiger partial charge in [-0.15, -0.1) is 0 Å². The topological polar surface area (TPSA) is 87.7 Å². The van der Waals surface area contributed by atoms with Crippen molar-refractivity contribution < 1.29 is 19.4 Å². The highest BCUT2D eigenvalue weighted by Gasteiger charge is 2.16. The summed E-state index contributed by atoms with van der Waals surface area (Å²) in [7, 11) is 1.62. The van der Waals surface area contributed by atoms with Crippen LogP contribution in [0, 0.1) is 0 Å². The lowest BCUT2D eigenvalue weighted by atomic mass is 10.1. The molecule has 0 radical (unpaired) electrons. The molecule has 0 saturated carbocycles. The summed E-state index contributed by atoms with van der Waals surface area (Å²) in [5.74, 6) is 0.798. The largest absolute Gasteiger partial charge is 0.507 e. The number of halogens is 2. The number of hydrogen-bond acceptors (Lipinski definition) is 4. The van der Waals surface area contributed by atoms with E-state index < -0.39 is 0 Å². The zero-order chi connectivity index (χ0) is 21.0. The molecule has 4 rings (SSSR count). The number of amides is 2. The van der Waals surface area contributed by atoms with Crippen LogP contribution in [0.15, 0.2) is 57.5 Å². The quantitative estimate of drug-likeness (QED) is 0.575. The third kappa shape index (κ3) is 5.27. The van der Waals surface area contributed by atoms with Crippen molar-refractivity contribution in [2.75, 3.05) is 20.2 Å². The number of methoxy groups -OCH3 is 1. The SMILES string of the molecule is COc1cc(Br)ccc1C1=CC(=O)NC1.O=C1C=C(c2ccc(Br)cc2O)CN1. The van der Waals surface area contributed by atoms with E-state index in [1.54, 1.807) is 25.3 Å². The minimum atomic E-state index is -0.109. The van der Waals surface area contributed by atoms with Gasteiger partial charge in [0.15, 0.2) is 0 Å². The van der Waals surface area contributed by atoms with Gasteiger partial charge in [0, 0.05) is 45.3 Å². The summed E-state index contributed by atoms with van der Waals surface area (Å²) in [5, 5.41) is 15.0. The molecule has 0 spiro atoms. The Balaban J connectivity index is 0.000000166. The van der Waals surface area contributed by atoms with Crippen molar-refractivity contribution in [2.45, 2.75) is 0 Å². The predicted octanol–water partition coefficient (Wildman–Crippen LogP) is 3.64.